The molecule has 0 N–H and O–H groups in total. The van der Waals surface area contributed by atoms with Crippen LogP contribution in [0, 0.1) is 5.92 Å². The van der Waals surface area contributed by atoms with Gasteiger partial charge in [0.05, 0.1) is 0 Å². The SMILES string of the molecule is CC(C)CN1C(=O)N(C(=O)c2ccc3ccccc3c2)C(=O)C1(c1ccccc1)c1ccccc1. The number of urea groups is 1. The highest BCUT2D eigenvalue weighted by atomic mass is 16.2. The van der Waals surface area contributed by atoms with Gasteiger partial charge < -0.3 is 4.90 Å². The molecular weight excluding hydrogens is 436 g/mol. The summed E-state index contributed by atoms with van der Waals surface area (Å²) < 4.78 is 0. The van der Waals surface area contributed by atoms with Gasteiger partial charge in [0.2, 0.25) is 0 Å². The van der Waals surface area contributed by atoms with Crippen LogP contribution < -0.4 is 0 Å². The van der Waals surface area contributed by atoms with Gasteiger partial charge in [0, 0.05) is 12.1 Å². The monoisotopic (exact) mass is 462 g/mol. The first-order valence-electron chi connectivity index (χ1n) is 11.7. The molecule has 0 atom stereocenters. The van der Waals surface area contributed by atoms with Crippen LogP contribution in [-0.2, 0) is 10.3 Å². The lowest BCUT2D eigenvalue weighted by Crippen LogP contribution is -2.49. The number of hydrogen-bond acceptors (Lipinski definition) is 3. The van der Waals surface area contributed by atoms with Crippen LogP contribution in [0.1, 0.15) is 35.3 Å². The first-order valence-corrected chi connectivity index (χ1v) is 11.7. The van der Waals surface area contributed by atoms with Gasteiger partial charge in [-0.3, -0.25) is 9.59 Å². The van der Waals surface area contributed by atoms with Crippen molar-refractivity contribution in [2.75, 3.05) is 6.54 Å². The van der Waals surface area contributed by atoms with Crippen LogP contribution in [0.5, 0.6) is 0 Å². The summed E-state index contributed by atoms with van der Waals surface area (Å²) in [6.07, 6.45) is 0. The fraction of sp³-hybridized carbons (Fsp3) is 0.167. The van der Waals surface area contributed by atoms with E-state index in [9.17, 15) is 14.4 Å². The molecule has 1 heterocycles. The van der Waals surface area contributed by atoms with Crippen LogP contribution in [0.4, 0.5) is 4.79 Å². The molecule has 4 aromatic carbocycles. The average Bonchev–Trinajstić information content (AvgIpc) is 3.10. The Morgan fingerprint density at radius 1 is 0.743 bits per heavy atom. The lowest BCUT2D eigenvalue weighted by molar-refractivity contribution is -0.130. The maximum absolute atomic E-state index is 14.4. The van der Waals surface area contributed by atoms with Crippen LogP contribution in [-0.4, -0.2) is 34.2 Å². The number of carbonyl (C=O) groups excluding carboxylic acids is 3. The molecule has 35 heavy (non-hydrogen) atoms. The molecule has 1 fully saturated rings. The second-order valence-electron chi connectivity index (χ2n) is 9.24. The maximum Gasteiger partial charge on any atom is 0.335 e. The van der Waals surface area contributed by atoms with Gasteiger partial charge in [-0.15, -0.1) is 0 Å². The van der Waals surface area contributed by atoms with Crippen molar-refractivity contribution in [2.45, 2.75) is 19.4 Å². The quantitative estimate of drug-likeness (QED) is 0.276. The lowest BCUT2D eigenvalue weighted by atomic mass is 9.81. The van der Waals surface area contributed by atoms with E-state index in [1.807, 2.05) is 105 Å². The van der Waals surface area contributed by atoms with E-state index < -0.39 is 23.4 Å². The Kier molecular flexibility index (Phi) is 5.69. The Labute approximate surface area is 204 Å². The minimum absolute atomic E-state index is 0.0780. The van der Waals surface area contributed by atoms with Crippen molar-refractivity contribution in [3.05, 3.63) is 120 Å². The molecule has 1 saturated heterocycles. The fourth-order valence-electron chi connectivity index (χ4n) is 4.92. The second-order valence-corrected chi connectivity index (χ2v) is 9.24. The highest BCUT2D eigenvalue weighted by molar-refractivity contribution is 6.23. The summed E-state index contributed by atoms with van der Waals surface area (Å²) in [6, 6.07) is 30.8. The molecule has 5 heteroatoms. The minimum atomic E-state index is -1.43. The molecular formula is C30H26N2O3. The van der Waals surface area contributed by atoms with Crippen LogP contribution in [0.2, 0.25) is 0 Å². The Morgan fingerprint density at radius 3 is 1.86 bits per heavy atom. The van der Waals surface area contributed by atoms with Crippen molar-refractivity contribution in [1.29, 1.82) is 0 Å². The van der Waals surface area contributed by atoms with E-state index in [-0.39, 0.29) is 5.92 Å². The molecule has 0 radical (unpaired) electrons. The Balaban J connectivity index is 1.70. The van der Waals surface area contributed by atoms with E-state index in [1.54, 1.807) is 17.0 Å². The third kappa shape index (κ3) is 3.60. The molecule has 1 aliphatic heterocycles. The average molecular weight is 463 g/mol. The van der Waals surface area contributed by atoms with Crippen molar-refractivity contribution >= 4 is 28.6 Å². The molecule has 5 rings (SSSR count). The zero-order valence-corrected chi connectivity index (χ0v) is 19.7. The number of carbonyl (C=O) groups is 3. The van der Waals surface area contributed by atoms with Gasteiger partial charge in [0.15, 0.2) is 5.54 Å². The molecule has 4 amide bonds. The van der Waals surface area contributed by atoms with Crippen LogP contribution >= 0.6 is 0 Å². The topological polar surface area (TPSA) is 57.7 Å². The smallest absolute Gasteiger partial charge is 0.301 e. The predicted molar refractivity (Wildman–Crippen MR) is 136 cm³/mol. The van der Waals surface area contributed by atoms with Crippen LogP contribution in [0.15, 0.2) is 103 Å². The molecule has 0 unspecified atom stereocenters. The van der Waals surface area contributed by atoms with Gasteiger partial charge in [-0.05, 0) is 39.9 Å². The molecule has 0 bridgehead atoms. The van der Waals surface area contributed by atoms with Crippen molar-refractivity contribution in [3.63, 3.8) is 0 Å². The molecule has 174 valence electrons. The summed E-state index contributed by atoms with van der Waals surface area (Å²) in [6.45, 7) is 4.30. The summed E-state index contributed by atoms with van der Waals surface area (Å²) in [4.78, 5) is 44.4. The molecule has 0 aliphatic carbocycles. The van der Waals surface area contributed by atoms with E-state index in [0.717, 1.165) is 15.7 Å². The number of benzene rings is 4. The van der Waals surface area contributed by atoms with Gasteiger partial charge >= 0.3 is 6.03 Å². The molecule has 0 saturated carbocycles. The van der Waals surface area contributed by atoms with E-state index in [0.29, 0.717) is 23.2 Å². The summed E-state index contributed by atoms with van der Waals surface area (Å²) in [5.74, 6) is -1.10. The van der Waals surface area contributed by atoms with Crippen molar-refractivity contribution in [3.8, 4) is 0 Å². The number of imide groups is 3. The van der Waals surface area contributed by atoms with E-state index >= 15 is 0 Å². The Morgan fingerprint density at radius 2 is 1.29 bits per heavy atom. The fourth-order valence-corrected chi connectivity index (χ4v) is 4.92. The maximum atomic E-state index is 14.4. The van der Waals surface area contributed by atoms with Gasteiger partial charge in [0.1, 0.15) is 0 Å². The number of rotatable bonds is 5. The van der Waals surface area contributed by atoms with Crippen molar-refractivity contribution < 1.29 is 14.4 Å². The van der Waals surface area contributed by atoms with Gasteiger partial charge in [-0.25, -0.2) is 4.79 Å². The lowest BCUT2D eigenvalue weighted by Gasteiger charge is -2.37. The highest BCUT2D eigenvalue weighted by Crippen LogP contribution is 2.44. The molecule has 1 aliphatic rings. The highest BCUT2D eigenvalue weighted by Gasteiger charge is 2.61. The zero-order chi connectivity index (χ0) is 24.6. The normalized spacial score (nSPS) is 15.3. The first kappa shape index (κ1) is 22.5. The Bertz CT molecular complexity index is 1370. The third-order valence-electron chi connectivity index (χ3n) is 6.47. The van der Waals surface area contributed by atoms with Crippen molar-refractivity contribution in [1.82, 2.24) is 9.80 Å². The standard InChI is InChI=1S/C30H26N2O3/c1-21(2)20-31-29(35)32(27(33)24-18-17-22-11-9-10-12-23(22)19-24)28(34)30(31,25-13-5-3-6-14-25)26-15-7-4-8-16-26/h3-19,21H,20H2,1-2H3. The molecule has 5 nitrogen and oxygen atoms in total. The summed E-state index contributed by atoms with van der Waals surface area (Å²) >= 11 is 0. The largest absolute Gasteiger partial charge is 0.335 e. The number of amides is 4. The van der Waals surface area contributed by atoms with Crippen LogP contribution in [0.3, 0.4) is 0 Å². The predicted octanol–water partition coefficient (Wildman–Crippen LogP) is 5.84. The summed E-state index contributed by atoms with van der Waals surface area (Å²) in [7, 11) is 0. The van der Waals surface area contributed by atoms with Gasteiger partial charge in [-0.1, -0.05) is 105 Å². The number of fused-ring (bicyclic) bond motifs is 1. The number of nitrogens with zero attached hydrogens (tertiary/aromatic N) is 2. The second kappa shape index (κ2) is 8.84. The van der Waals surface area contributed by atoms with E-state index in [2.05, 4.69) is 0 Å². The third-order valence-corrected chi connectivity index (χ3v) is 6.47. The zero-order valence-electron chi connectivity index (χ0n) is 19.7. The van der Waals surface area contributed by atoms with E-state index in [4.69, 9.17) is 0 Å². The number of hydrogen-bond donors (Lipinski definition) is 0. The molecule has 0 aromatic heterocycles. The molecule has 4 aromatic rings. The molecule has 0 spiro atoms. The van der Waals surface area contributed by atoms with Gasteiger partial charge in [-0.2, -0.15) is 4.90 Å². The minimum Gasteiger partial charge on any atom is -0.301 e. The summed E-state index contributed by atoms with van der Waals surface area (Å²) in [5.41, 5.74) is 0.168. The van der Waals surface area contributed by atoms with Gasteiger partial charge in [0.25, 0.3) is 11.8 Å². The Hall–Kier alpha value is -4.25. The van der Waals surface area contributed by atoms with Crippen molar-refractivity contribution in [2.24, 2.45) is 5.92 Å². The van der Waals surface area contributed by atoms with Crippen LogP contribution in [0.25, 0.3) is 10.8 Å². The summed E-state index contributed by atoms with van der Waals surface area (Å²) in [5, 5.41) is 1.85. The van der Waals surface area contributed by atoms with E-state index in [1.165, 1.54) is 0 Å². The first-order chi connectivity index (χ1) is 16.9.